The lowest BCUT2D eigenvalue weighted by Gasteiger charge is -2.17. The zero-order valence-electron chi connectivity index (χ0n) is 23.6. The van der Waals surface area contributed by atoms with Crippen molar-refractivity contribution < 1.29 is 14.3 Å². The Labute approximate surface area is 241 Å². The van der Waals surface area contributed by atoms with Crippen LogP contribution in [0.25, 0.3) is 20.5 Å². The SMILES string of the molecule is COc1cc(C(=O)c2c(-c3ccc(OCCN4CCCC4)cc3)sc3ccc(C)cc23)ccc1CN1CCCC1. The average molecular weight is 555 g/mol. The fraction of sp³-hybridized carbons (Fsp3) is 0.382. The van der Waals surface area contributed by atoms with Crippen molar-refractivity contribution in [1.82, 2.24) is 9.80 Å². The van der Waals surface area contributed by atoms with Crippen molar-refractivity contribution in [3.63, 3.8) is 0 Å². The summed E-state index contributed by atoms with van der Waals surface area (Å²) in [6, 6.07) is 20.6. The number of rotatable bonds is 10. The highest BCUT2D eigenvalue weighted by Crippen LogP contribution is 2.41. The maximum Gasteiger partial charge on any atom is 0.195 e. The molecule has 2 fully saturated rings. The number of hydrogen-bond acceptors (Lipinski definition) is 6. The van der Waals surface area contributed by atoms with Gasteiger partial charge in [-0.1, -0.05) is 23.8 Å². The number of ether oxygens (including phenoxy) is 2. The van der Waals surface area contributed by atoms with E-state index >= 15 is 0 Å². The second-order valence-electron chi connectivity index (χ2n) is 11.1. The van der Waals surface area contributed by atoms with Gasteiger partial charge in [-0.15, -0.1) is 11.3 Å². The molecule has 3 heterocycles. The maximum atomic E-state index is 14.2. The third-order valence-electron chi connectivity index (χ3n) is 8.20. The summed E-state index contributed by atoms with van der Waals surface area (Å²) in [6.07, 6.45) is 5.08. The molecule has 0 N–H and O–H groups in total. The molecule has 0 saturated carbocycles. The monoisotopic (exact) mass is 554 g/mol. The Bertz CT molecular complexity index is 1480. The molecule has 208 valence electrons. The minimum Gasteiger partial charge on any atom is -0.496 e. The minimum atomic E-state index is 0.0313. The number of ketones is 1. The van der Waals surface area contributed by atoms with Crippen LogP contribution in [-0.2, 0) is 6.54 Å². The molecule has 0 unspecified atom stereocenters. The number of carbonyl (C=O) groups is 1. The number of hydrogen-bond donors (Lipinski definition) is 0. The first-order valence-electron chi connectivity index (χ1n) is 14.5. The van der Waals surface area contributed by atoms with Crippen LogP contribution in [0.3, 0.4) is 0 Å². The molecule has 1 aromatic heterocycles. The Balaban J connectivity index is 1.29. The Kier molecular flexibility index (Phi) is 8.19. The fourth-order valence-corrected chi connectivity index (χ4v) is 7.17. The van der Waals surface area contributed by atoms with E-state index < -0.39 is 0 Å². The molecule has 0 atom stereocenters. The molecule has 0 aliphatic carbocycles. The standard InChI is InChI=1S/C34H38N2O3S/c1-24-7-14-31-29(21-24)32(33(37)26-8-9-27(30(22-26)38-2)23-36-17-5-6-18-36)34(40-31)25-10-12-28(13-11-25)39-20-19-35-15-3-4-16-35/h7-14,21-22H,3-6,15-20,23H2,1-2H3. The number of fused-ring (bicyclic) bond motifs is 1. The summed E-state index contributed by atoms with van der Waals surface area (Å²) in [5.74, 6) is 1.68. The highest BCUT2D eigenvalue weighted by atomic mass is 32.1. The molecule has 2 saturated heterocycles. The third kappa shape index (κ3) is 5.80. The van der Waals surface area contributed by atoms with Gasteiger partial charge in [-0.25, -0.2) is 0 Å². The van der Waals surface area contributed by atoms with Gasteiger partial charge >= 0.3 is 0 Å². The molecule has 2 aliphatic rings. The van der Waals surface area contributed by atoms with Crippen molar-refractivity contribution in [3.05, 3.63) is 82.9 Å². The number of methoxy groups -OCH3 is 1. The first kappa shape index (κ1) is 27.0. The molecule has 0 bridgehead atoms. The lowest BCUT2D eigenvalue weighted by molar-refractivity contribution is 0.104. The van der Waals surface area contributed by atoms with E-state index in [4.69, 9.17) is 9.47 Å². The van der Waals surface area contributed by atoms with Gasteiger partial charge in [0.05, 0.1) is 7.11 Å². The summed E-state index contributed by atoms with van der Waals surface area (Å²) in [7, 11) is 1.70. The first-order valence-corrected chi connectivity index (χ1v) is 15.3. The molecule has 0 radical (unpaired) electrons. The molecule has 6 heteroatoms. The van der Waals surface area contributed by atoms with E-state index in [-0.39, 0.29) is 5.78 Å². The van der Waals surface area contributed by atoms with Crippen LogP contribution >= 0.6 is 11.3 Å². The van der Waals surface area contributed by atoms with Crippen molar-refractivity contribution in [2.45, 2.75) is 39.2 Å². The summed E-state index contributed by atoms with van der Waals surface area (Å²) in [6.45, 7) is 9.20. The normalized spacial score (nSPS) is 16.1. The fourth-order valence-electron chi connectivity index (χ4n) is 5.98. The van der Waals surface area contributed by atoms with Crippen molar-refractivity contribution in [3.8, 4) is 21.9 Å². The lowest BCUT2D eigenvalue weighted by atomic mass is 9.96. The topological polar surface area (TPSA) is 42.0 Å². The predicted molar refractivity (Wildman–Crippen MR) is 164 cm³/mol. The molecule has 5 nitrogen and oxygen atoms in total. The van der Waals surface area contributed by atoms with Crippen LogP contribution in [-0.4, -0.2) is 62.0 Å². The van der Waals surface area contributed by atoms with Crippen molar-refractivity contribution in [2.75, 3.05) is 46.4 Å². The Morgan fingerprint density at radius 3 is 2.33 bits per heavy atom. The Hall–Kier alpha value is -3.19. The smallest absolute Gasteiger partial charge is 0.195 e. The highest BCUT2D eigenvalue weighted by Gasteiger charge is 2.23. The van der Waals surface area contributed by atoms with Crippen LogP contribution < -0.4 is 9.47 Å². The largest absolute Gasteiger partial charge is 0.496 e. The lowest BCUT2D eigenvalue weighted by Crippen LogP contribution is -2.25. The number of benzene rings is 3. The zero-order valence-corrected chi connectivity index (χ0v) is 24.4. The van der Waals surface area contributed by atoms with Crippen molar-refractivity contribution in [1.29, 1.82) is 0 Å². The van der Waals surface area contributed by atoms with Gasteiger partial charge in [-0.05, 0) is 107 Å². The molecule has 4 aromatic rings. The number of carbonyl (C=O) groups excluding carboxylic acids is 1. The van der Waals surface area contributed by atoms with E-state index in [1.54, 1.807) is 18.4 Å². The van der Waals surface area contributed by atoms with E-state index in [1.165, 1.54) is 38.8 Å². The van der Waals surface area contributed by atoms with Crippen LogP contribution in [0.2, 0.25) is 0 Å². The number of aryl methyl sites for hydroxylation is 1. The summed E-state index contributed by atoms with van der Waals surface area (Å²) in [4.78, 5) is 20.1. The van der Waals surface area contributed by atoms with Gasteiger partial charge < -0.3 is 9.47 Å². The summed E-state index contributed by atoms with van der Waals surface area (Å²) in [5.41, 5.74) is 4.73. The summed E-state index contributed by atoms with van der Waals surface area (Å²) >= 11 is 1.68. The van der Waals surface area contributed by atoms with Gasteiger partial charge in [0.1, 0.15) is 18.1 Å². The van der Waals surface area contributed by atoms with Gasteiger partial charge in [-0.3, -0.25) is 14.6 Å². The minimum absolute atomic E-state index is 0.0313. The van der Waals surface area contributed by atoms with Crippen LogP contribution in [0.5, 0.6) is 11.5 Å². The molecular weight excluding hydrogens is 516 g/mol. The van der Waals surface area contributed by atoms with Crippen LogP contribution in [0.15, 0.2) is 60.7 Å². The Morgan fingerprint density at radius 1 is 0.875 bits per heavy atom. The number of likely N-dealkylation sites (tertiary alicyclic amines) is 2. The van der Waals surface area contributed by atoms with Crippen LogP contribution in [0.4, 0.5) is 0 Å². The van der Waals surface area contributed by atoms with Crippen molar-refractivity contribution >= 4 is 27.2 Å². The second-order valence-corrected chi connectivity index (χ2v) is 12.1. The Morgan fingerprint density at radius 2 is 1.60 bits per heavy atom. The van der Waals surface area contributed by atoms with Crippen LogP contribution in [0, 0.1) is 6.92 Å². The maximum absolute atomic E-state index is 14.2. The molecule has 3 aromatic carbocycles. The third-order valence-corrected chi connectivity index (χ3v) is 9.42. The van der Waals surface area contributed by atoms with Gasteiger partial charge in [0.25, 0.3) is 0 Å². The summed E-state index contributed by atoms with van der Waals surface area (Å²) in [5, 5.41) is 1.01. The van der Waals surface area contributed by atoms with E-state index in [0.717, 1.165) is 74.9 Å². The van der Waals surface area contributed by atoms with Gasteiger partial charge in [-0.2, -0.15) is 0 Å². The molecule has 0 spiro atoms. The highest BCUT2D eigenvalue weighted by molar-refractivity contribution is 7.22. The van der Waals surface area contributed by atoms with E-state index in [2.05, 4.69) is 53.1 Å². The van der Waals surface area contributed by atoms with E-state index in [0.29, 0.717) is 12.2 Å². The first-order chi connectivity index (χ1) is 19.6. The zero-order chi connectivity index (χ0) is 27.5. The number of thiophene rings is 1. The molecule has 40 heavy (non-hydrogen) atoms. The molecule has 0 amide bonds. The number of nitrogens with zero attached hydrogens (tertiary/aromatic N) is 2. The van der Waals surface area contributed by atoms with Gasteiger partial charge in [0.2, 0.25) is 0 Å². The predicted octanol–water partition coefficient (Wildman–Crippen LogP) is 7.19. The van der Waals surface area contributed by atoms with Crippen molar-refractivity contribution in [2.24, 2.45) is 0 Å². The average Bonchev–Trinajstić information content (AvgIpc) is 3.75. The summed E-state index contributed by atoms with van der Waals surface area (Å²) < 4.78 is 12.9. The van der Waals surface area contributed by atoms with E-state index in [9.17, 15) is 4.79 Å². The molecular formula is C34H38N2O3S. The molecule has 6 rings (SSSR count). The van der Waals surface area contributed by atoms with Gasteiger partial charge in [0.15, 0.2) is 5.78 Å². The van der Waals surface area contributed by atoms with Gasteiger partial charge in [0, 0.05) is 44.7 Å². The van der Waals surface area contributed by atoms with E-state index in [1.807, 2.05) is 24.3 Å². The molecule has 2 aliphatic heterocycles. The quantitative estimate of drug-likeness (QED) is 0.194. The second kappa shape index (κ2) is 12.1. The van der Waals surface area contributed by atoms with Crippen LogP contribution in [0.1, 0.15) is 52.7 Å².